The fourth-order valence-electron chi connectivity index (χ4n) is 3.40. The van der Waals surface area contributed by atoms with E-state index in [1.807, 2.05) is 0 Å². The van der Waals surface area contributed by atoms with E-state index >= 15 is 0 Å². The fourth-order valence-corrected chi connectivity index (χ4v) is 3.40. The van der Waals surface area contributed by atoms with Crippen LogP contribution in [0, 0.1) is 12.3 Å². The molecule has 0 spiro atoms. The summed E-state index contributed by atoms with van der Waals surface area (Å²) in [5.74, 6) is 0.398. The summed E-state index contributed by atoms with van der Waals surface area (Å²) in [4.78, 5) is 25.6. The van der Waals surface area contributed by atoms with Crippen molar-refractivity contribution in [3.63, 3.8) is 0 Å². The number of pyridine rings is 1. The number of alkyl halides is 3. The van der Waals surface area contributed by atoms with Gasteiger partial charge in [0.1, 0.15) is 11.6 Å². The number of hydrogen-bond acceptors (Lipinski definition) is 7. The number of halogens is 3. The number of amides is 1. The molecule has 4 aromatic rings. The van der Waals surface area contributed by atoms with Gasteiger partial charge in [0, 0.05) is 48.5 Å². The largest absolute Gasteiger partial charge is 0.438 e. The second-order valence-corrected chi connectivity index (χ2v) is 7.87. The number of nitrogens with zero attached hydrogens (tertiary/aromatic N) is 3. The molecule has 188 valence electrons. The highest BCUT2D eigenvalue weighted by Crippen LogP contribution is 2.33. The molecule has 0 fully saturated rings. The van der Waals surface area contributed by atoms with Crippen molar-refractivity contribution in [1.82, 2.24) is 15.0 Å². The Morgan fingerprint density at radius 1 is 1.08 bits per heavy atom. The van der Waals surface area contributed by atoms with E-state index in [9.17, 15) is 18.0 Å². The molecule has 0 bridgehead atoms. The van der Waals surface area contributed by atoms with Gasteiger partial charge >= 0.3 is 6.18 Å². The Kier molecular flexibility index (Phi) is 7.14. The van der Waals surface area contributed by atoms with E-state index < -0.39 is 17.6 Å². The summed E-state index contributed by atoms with van der Waals surface area (Å²) in [6.45, 7) is 1.78. The Morgan fingerprint density at radius 2 is 1.89 bits per heavy atom. The van der Waals surface area contributed by atoms with Gasteiger partial charge in [-0.05, 0) is 48.9 Å². The summed E-state index contributed by atoms with van der Waals surface area (Å²) in [6, 6.07) is 12.5. The molecule has 2 heterocycles. The van der Waals surface area contributed by atoms with E-state index in [2.05, 4.69) is 25.6 Å². The zero-order valence-electron chi connectivity index (χ0n) is 19.7. The van der Waals surface area contributed by atoms with Crippen molar-refractivity contribution in [3.8, 4) is 23.0 Å². The van der Waals surface area contributed by atoms with E-state index in [0.717, 1.165) is 18.3 Å². The van der Waals surface area contributed by atoms with Crippen molar-refractivity contribution < 1.29 is 22.7 Å². The number of hydrogen-bond donors (Lipinski definition) is 3. The van der Waals surface area contributed by atoms with Crippen LogP contribution in [0.3, 0.4) is 0 Å². The van der Waals surface area contributed by atoms with Crippen LogP contribution in [0.1, 0.15) is 27.0 Å². The normalized spacial score (nSPS) is 11.1. The number of carbonyl (C=O) groups is 1. The molecular weight excluding hydrogens is 485 g/mol. The van der Waals surface area contributed by atoms with Gasteiger partial charge in [-0.1, -0.05) is 12.1 Å². The SMILES string of the molecule is CNc1nc(-c2cccnc2)nc(Oc2cc(NC(=O)c3cccc(C(F)(F)F)c3)ccc2C)c1C=N. The first-order valence-corrected chi connectivity index (χ1v) is 11.0. The average Bonchev–Trinajstić information content (AvgIpc) is 2.90. The Morgan fingerprint density at radius 3 is 2.57 bits per heavy atom. The van der Waals surface area contributed by atoms with Crippen LogP contribution < -0.4 is 15.4 Å². The van der Waals surface area contributed by atoms with E-state index in [1.165, 1.54) is 18.2 Å². The smallest absolute Gasteiger partial charge is 0.416 e. The van der Waals surface area contributed by atoms with E-state index in [4.69, 9.17) is 10.1 Å². The second kappa shape index (κ2) is 10.4. The number of carbonyl (C=O) groups excluding carboxylic acids is 1. The van der Waals surface area contributed by atoms with Crippen LogP contribution in [-0.4, -0.2) is 34.1 Å². The Balaban J connectivity index is 1.65. The van der Waals surface area contributed by atoms with Crippen LogP contribution in [0.25, 0.3) is 11.4 Å². The number of aryl methyl sites for hydroxylation is 1. The molecule has 0 saturated carbocycles. The van der Waals surface area contributed by atoms with E-state index in [0.29, 0.717) is 39.8 Å². The number of nitrogens with one attached hydrogen (secondary N) is 3. The third-order valence-corrected chi connectivity index (χ3v) is 5.32. The molecule has 4 rings (SSSR count). The average molecular weight is 506 g/mol. The Bertz CT molecular complexity index is 1460. The summed E-state index contributed by atoms with van der Waals surface area (Å²) in [7, 11) is 1.65. The summed E-state index contributed by atoms with van der Waals surface area (Å²) < 4.78 is 45.2. The minimum Gasteiger partial charge on any atom is -0.438 e. The first-order chi connectivity index (χ1) is 17.7. The van der Waals surface area contributed by atoms with E-state index in [1.54, 1.807) is 50.6 Å². The summed E-state index contributed by atoms with van der Waals surface area (Å²) in [5.41, 5.74) is 0.878. The lowest BCUT2D eigenvalue weighted by molar-refractivity contribution is -0.137. The Labute approximate surface area is 210 Å². The van der Waals surface area contributed by atoms with Gasteiger partial charge in [-0.15, -0.1) is 0 Å². The molecule has 0 aliphatic rings. The monoisotopic (exact) mass is 506 g/mol. The molecule has 0 unspecified atom stereocenters. The lowest BCUT2D eigenvalue weighted by Gasteiger charge is -2.15. The highest BCUT2D eigenvalue weighted by molar-refractivity contribution is 6.04. The minimum absolute atomic E-state index is 0.0951. The van der Waals surface area contributed by atoms with Crippen molar-refractivity contribution in [2.75, 3.05) is 17.7 Å². The first-order valence-electron chi connectivity index (χ1n) is 11.0. The molecule has 3 N–H and O–H groups in total. The van der Waals surface area contributed by atoms with Gasteiger partial charge in [-0.2, -0.15) is 18.2 Å². The zero-order valence-corrected chi connectivity index (χ0v) is 19.7. The van der Waals surface area contributed by atoms with Crippen molar-refractivity contribution in [2.24, 2.45) is 0 Å². The maximum Gasteiger partial charge on any atom is 0.416 e. The molecule has 1 amide bonds. The third-order valence-electron chi connectivity index (χ3n) is 5.32. The topological polar surface area (TPSA) is 113 Å². The van der Waals surface area contributed by atoms with Crippen LogP contribution in [0.5, 0.6) is 11.6 Å². The highest BCUT2D eigenvalue weighted by Gasteiger charge is 2.31. The fraction of sp³-hybridized carbons (Fsp3) is 0.115. The van der Waals surface area contributed by atoms with Crippen molar-refractivity contribution in [3.05, 3.63) is 89.2 Å². The van der Waals surface area contributed by atoms with Crippen molar-refractivity contribution in [1.29, 1.82) is 5.41 Å². The van der Waals surface area contributed by atoms with E-state index in [-0.39, 0.29) is 11.4 Å². The van der Waals surface area contributed by atoms with Gasteiger partial charge in [0.2, 0.25) is 5.88 Å². The number of ether oxygens (including phenoxy) is 1. The van der Waals surface area contributed by atoms with Crippen LogP contribution in [0.15, 0.2) is 67.0 Å². The molecular formula is C26H21F3N6O2. The quantitative estimate of drug-likeness (QED) is 0.267. The van der Waals surface area contributed by atoms with Crippen molar-refractivity contribution in [2.45, 2.75) is 13.1 Å². The zero-order chi connectivity index (χ0) is 26.6. The van der Waals surface area contributed by atoms with Gasteiger partial charge in [0.05, 0.1) is 11.1 Å². The van der Waals surface area contributed by atoms with Gasteiger partial charge in [-0.25, -0.2) is 4.98 Å². The standard InChI is InChI=1S/C26H21F3N6O2/c1-15-8-9-19(33-24(36)16-5-3-7-18(11-16)26(27,28)29)12-21(15)37-25-20(13-30)23(31-2)34-22(35-25)17-6-4-10-32-14-17/h3-14,30H,1-2H3,(H,33,36)(H,31,34,35). The molecule has 37 heavy (non-hydrogen) atoms. The molecule has 0 aliphatic heterocycles. The maximum absolute atomic E-state index is 13.0. The molecule has 0 saturated heterocycles. The first kappa shape index (κ1) is 25.3. The maximum atomic E-state index is 13.0. The lowest BCUT2D eigenvalue weighted by atomic mass is 10.1. The molecule has 8 nitrogen and oxygen atoms in total. The van der Waals surface area contributed by atoms with Gasteiger partial charge in [0.25, 0.3) is 5.91 Å². The van der Waals surface area contributed by atoms with Crippen LogP contribution >= 0.6 is 0 Å². The highest BCUT2D eigenvalue weighted by atomic mass is 19.4. The predicted molar refractivity (Wildman–Crippen MR) is 133 cm³/mol. The van der Waals surface area contributed by atoms with Crippen molar-refractivity contribution >= 4 is 23.6 Å². The molecule has 0 aliphatic carbocycles. The molecule has 0 radical (unpaired) electrons. The van der Waals surface area contributed by atoms with Crippen LogP contribution in [-0.2, 0) is 6.18 Å². The Hall–Kier alpha value is -4.80. The van der Waals surface area contributed by atoms with Crippen LogP contribution in [0.2, 0.25) is 0 Å². The number of benzene rings is 2. The summed E-state index contributed by atoms with van der Waals surface area (Å²) >= 11 is 0. The minimum atomic E-state index is -4.56. The van der Waals surface area contributed by atoms with Gasteiger partial charge in [-0.3, -0.25) is 9.78 Å². The summed E-state index contributed by atoms with van der Waals surface area (Å²) in [6.07, 6.45) is -0.291. The molecule has 2 aromatic carbocycles. The second-order valence-electron chi connectivity index (χ2n) is 7.87. The third kappa shape index (κ3) is 5.72. The molecule has 11 heteroatoms. The summed E-state index contributed by atoms with van der Waals surface area (Å²) in [5, 5.41) is 13.4. The van der Waals surface area contributed by atoms with Crippen LogP contribution in [0.4, 0.5) is 24.7 Å². The number of rotatable bonds is 7. The number of aromatic nitrogens is 3. The number of anilines is 2. The molecule has 0 atom stereocenters. The lowest BCUT2D eigenvalue weighted by Crippen LogP contribution is -2.14. The molecule has 2 aromatic heterocycles. The van der Waals surface area contributed by atoms with Gasteiger partial charge in [0.15, 0.2) is 5.82 Å². The van der Waals surface area contributed by atoms with Gasteiger partial charge < -0.3 is 20.8 Å². The predicted octanol–water partition coefficient (Wildman–Crippen LogP) is 5.95.